The van der Waals surface area contributed by atoms with E-state index in [0.717, 1.165) is 22.7 Å². The van der Waals surface area contributed by atoms with Gasteiger partial charge in [-0.05, 0) is 116 Å². The Labute approximate surface area is 398 Å². The van der Waals surface area contributed by atoms with E-state index < -0.39 is 5.41 Å². The molecule has 0 amide bonds. The highest BCUT2D eigenvalue weighted by atomic mass is 32.1. The molecule has 68 heavy (non-hydrogen) atoms. The van der Waals surface area contributed by atoms with Gasteiger partial charge in [0.1, 0.15) is 0 Å². The van der Waals surface area contributed by atoms with Crippen LogP contribution >= 0.6 is 11.3 Å². The van der Waals surface area contributed by atoms with Crippen molar-refractivity contribution in [3.8, 4) is 27.9 Å². The van der Waals surface area contributed by atoms with E-state index in [9.17, 15) is 0 Å². The predicted molar refractivity (Wildman–Crippen MR) is 289 cm³/mol. The van der Waals surface area contributed by atoms with Crippen LogP contribution in [0.5, 0.6) is 0 Å². The molecule has 0 aliphatic heterocycles. The first kappa shape index (κ1) is 38.7. The molecule has 14 rings (SSSR count). The van der Waals surface area contributed by atoms with Crippen molar-refractivity contribution in [1.82, 2.24) is 4.57 Å². The van der Waals surface area contributed by atoms with Crippen LogP contribution in [0.15, 0.2) is 255 Å². The lowest BCUT2D eigenvalue weighted by molar-refractivity contribution is 0.769. The zero-order chi connectivity index (χ0) is 44.8. The Kier molecular flexibility index (Phi) is 8.71. The summed E-state index contributed by atoms with van der Waals surface area (Å²) in [5.74, 6) is 0. The van der Waals surface area contributed by atoms with Crippen LogP contribution in [0.1, 0.15) is 22.3 Å². The quantitative estimate of drug-likeness (QED) is 0.155. The number of hydrogen-bond acceptors (Lipinski definition) is 2. The topological polar surface area (TPSA) is 8.17 Å². The summed E-state index contributed by atoms with van der Waals surface area (Å²) < 4.78 is 4.99. The molecule has 318 valence electrons. The minimum atomic E-state index is -0.457. The minimum absolute atomic E-state index is 0.457. The molecule has 2 heterocycles. The molecule has 0 saturated heterocycles. The molecular weight excluding hydrogens is 841 g/mol. The van der Waals surface area contributed by atoms with Gasteiger partial charge in [0.15, 0.2) is 0 Å². The number of rotatable bonds is 7. The van der Waals surface area contributed by atoms with Crippen molar-refractivity contribution < 1.29 is 0 Å². The molecule has 0 radical (unpaired) electrons. The molecule has 0 atom stereocenters. The number of aromatic nitrogens is 1. The standard InChI is InChI=1S/C65H42N2S/c1-3-17-46(18-4-1)65(47-19-5-2-6-20-47)58-26-12-9-22-52(58)53-40-33-45(42-59(53)65)43-30-34-48(35-31-43)66(62-29-15-25-56-57-41-32-44-16-7-8-21-51(44)63(57)68-64(56)62)49-36-38-50(39-37-49)67-60-27-13-10-23-54(60)55-24-11-14-28-61(55)67/h1-42H. The van der Waals surface area contributed by atoms with E-state index in [1.807, 2.05) is 11.3 Å². The molecule has 0 saturated carbocycles. The fourth-order valence-electron chi connectivity index (χ4n) is 11.5. The summed E-state index contributed by atoms with van der Waals surface area (Å²) in [6.07, 6.45) is 0. The summed E-state index contributed by atoms with van der Waals surface area (Å²) in [7, 11) is 0. The fourth-order valence-corrected chi connectivity index (χ4v) is 12.8. The van der Waals surface area contributed by atoms with Crippen molar-refractivity contribution in [1.29, 1.82) is 0 Å². The zero-order valence-electron chi connectivity index (χ0n) is 37.1. The first-order chi connectivity index (χ1) is 33.7. The minimum Gasteiger partial charge on any atom is -0.309 e. The molecule has 3 heteroatoms. The maximum absolute atomic E-state index is 2.46. The first-order valence-corrected chi connectivity index (χ1v) is 24.2. The van der Waals surface area contributed by atoms with E-state index in [4.69, 9.17) is 0 Å². The van der Waals surface area contributed by atoms with Gasteiger partial charge < -0.3 is 9.47 Å². The molecule has 1 aliphatic carbocycles. The van der Waals surface area contributed by atoms with Crippen LogP contribution in [0, 0.1) is 0 Å². The van der Waals surface area contributed by atoms with Crippen LogP contribution in [0.3, 0.4) is 0 Å². The van der Waals surface area contributed by atoms with E-state index in [0.29, 0.717) is 0 Å². The average molecular weight is 883 g/mol. The Hall–Kier alpha value is -8.50. The highest BCUT2D eigenvalue weighted by molar-refractivity contribution is 7.27. The largest absolute Gasteiger partial charge is 0.309 e. The number of hydrogen-bond donors (Lipinski definition) is 0. The molecule has 0 N–H and O–H groups in total. The third-order valence-corrected chi connectivity index (χ3v) is 15.7. The van der Waals surface area contributed by atoms with Crippen molar-refractivity contribution in [2.45, 2.75) is 5.41 Å². The summed E-state index contributed by atoms with van der Waals surface area (Å²) in [5, 5.41) is 7.65. The lowest BCUT2D eigenvalue weighted by atomic mass is 9.67. The van der Waals surface area contributed by atoms with E-state index >= 15 is 0 Å². The second kappa shape index (κ2) is 15.3. The number of para-hydroxylation sites is 2. The molecule has 11 aromatic carbocycles. The van der Waals surface area contributed by atoms with Crippen molar-refractivity contribution in [3.63, 3.8) is 0 Å². The molecule has 0 spiro atoms. The van der Waals surface area contributed by atoms with Gasteiger partial charge in [-0.3, -0.25) is 0 Å². The Morgan fingerprint density at radius 3 is 1.60 bits per heavy atom. The first-order valence-electron chi connectivity index (χ1n) is 23.4. The Morgan fingerprint density at radius 2 is 0.897 bits per heavy atom. The monoisotopic (exact) mass is 882 g/mol. The van der Waals surface area contributed by atoms with Gasteiger partial charge >= 0.3 is 0 Å². The van der Waals surface area contributed by atoms with Gasteiger partial charge in [-0.1, -0.05) is 194 Å². The summed E-state index contributed by atoms with van der Waals surface area (Å²) in [5.41, 5.74) is 16.6. The van der Waals surface area contributed by atoms with Crippen LogP contribution in [0.25, 0.3) is 80.7 Å². The van der Waals surface area contributed by atoms with Gasteiger partial charge in [-0.2, -0.15) is 0 Å². The van der Waals surface area contributed by atoms with Crippen LogP contribution in [0.2, 0.25) is 0 Å². The summed E-state index contributed by atoms with van der Waals surface area (Å²) in [4.78, 5) is 2.45. The summed E-state index contributed by atoms with van der Waals surface area (Å²) in [6, 6.07) is 94.2. The Morgan fingerprint density at radius 1 is 0.353 bits per heavy atom. The Bertz CT molecular complexity index is 3980. The highest BCUT2D eigenvalue weighted by Crippen LogP contribution is 2.57. The lowest BCUT2D eigenvalue weighted by Crippen LogP contribution is -2.28. The molecule has 0 fully saturated rings. The fraction of sp³-hybridized carbons (Fsp3) is 0.0154. The maximum Gasteiger partial charge on any atom is 0.0713 e. The van der Waals surface area contributed by atoms with Gasteiger partial charge in [0.25, 0.3) is 0 Å². The third-order valence-electron chi connectivity index (χ3n) is 14.5. The van der Waals surface area contributed by atoms with Gasteiger partial charge in [0, 0.05) is 43.3 Å². The van der Waals surface area contributed by atoms with E-state index in [1.165, 1.54) is 97.3 Å². The molecule has 13 aromatic rings. The average Bonchev–Trinajstić information content (AvgIpc) is 4.07. The third kappa shape index (κ3) is 5.70. The van der Waals surface area contributed by atoms with Crippen molar-refractivity contribution in [3.05, 3.63) is 277 Å². The molecular formula is C65H42N2S. The van der Waals surface area contributed by atoms with E-state index in [2.05, 4.69) is 264 Å². The molecule has 1 aliphatic rings. The molecule has 0 bridgehead atoms. The number of thiophene rings is 1. The number of anilines is 3. The van der Waals surface area contributed by atoms with Crippen molar-refractivity contribution >= 4 is 81.1 Å². The number of nitrogens with zero attached hydrogens (tertiary/aromatic N) is 2. The van der Waals surface area contributed by atoms with Crippen LogP contribution in [-0.4, -0.2) is 4.57 Å². The van der Waals surface area contributed by atoms with Crippen LogP contribution < -0.4 is 4.90 Å². The van der Waals surface area contributed by atoms with Crippen molar-refractivity contribution in [2.75, 3.05) is 4.90 Å². The van der Waals surface area contributed by atoms with Crippen LogP contribution in [-0.2, 0) is 5.41 Å². The lowest BCUT2D eigenvalue weighted by Gasteiger charge is -2.34. The zero-order valence-corrected chi connectivity index (χ0v) is 37.9. The second-order valence-electron chi connectivity index (χ2n) is 18.0. The van der Waals surface area contributed by atoms with E-state index in [1.54, 1.807) is 0 Å². The van der Waals surface area contributed by atoms with Gasteiger partial charge in [0.05, 0.1) is 26.8 Å². The smallest absolute Gasteiger partial charge is 0.0713 e. The molecule has 0 unspecified atom stereocenters. The van der Waals surface area contributed by atoms with E-state index in [-0.39, 0.29) is 0 Å². The Balaban J connectivity index is 0.930. The van der Waals surface area contributed by atoms with Gasteiger partial charge in [-0.25, -0.2) is 0 Å². The normalized spacial score (nSPS) is 12.8. The summed E-state index contributed by atoms with van der Waals surface area (Å²) in [6.45, 7) is 0. The maximum atomic E-state index is 2.46. The molecule has 2 aromatic heterocycles. The SMILES string of the molecule is c1ccc(C2(c3ccccc3)c3ccccc3-c3ccc(-c4ccc(N(c5ccc(-n6c7ccccc7c7ccccc76)cc5)c5cccc6c5sc5c7ccccc7ccc65)cc4)cc32)cc1. The highest BCUT2D eigenvalue weighted by Gasteiger charge is 2.46. The second-order valence-corrected chi connectivity index (χ2v) is 19.0. The summed E-state index contributed by atoms with van der Waals surface area (Å²) >= 11 is 1.90. The number of fused-ring (bicyclic) bond motifs is 11. The molecule has 2 nitrogen and oxygen atoms in total. The van der Waals surface area contributed by atoms with Crippen LogP contribution in [0.4, 0.5) is 17.1 Å². The number of benzene rings is 11. The predicted octanol–water partition coefficient (Wildman–Crippen LogP) is 17.8. The van der Waals surface area contributed by atoms with Crippen molar-refractivity contribution in [2.24, 2.45) is 0 Å². The van der Waals surface area contributed by atoms with Gasteiger partial charge in [0.2, 0.25) is 0 Å². The van der Waals surface area contributed by atoms with Gasteiger partial charge in [-0.15, -0.1) is 11.3 Å².